The van der Waals surface area contributed by atoms with Crippen LogP contribution in [0.25, 0.3) is 0 Å². The highest BCUT2D eigenvalue weighted by Crippen LogP contribution is 2.37. The first-order valence-corrected chi connectivity index (χ1v) is 9.08. The van der Waals surface area contributed by atoms with Gasteiger partial charge < -0.3 is 19.7 Å². The highest BCUT2D eigenvalue weighted by molar-refractivity contribution is 6.16. The lowest BCUT2D eigenvalue weighted by molar-refractivity contribution is -0.148. The lowest BCUT2D eigenvalue weighted by Crippen LogP contribution is -2.61. The number of aryl methyl sites for hydroxylation is 1. The maximum atomic E-state index is 12.8. The van der Waals surface area contributed by atoms with Gasteiger partial charge in [-0.05, 0) is 44.5 Å². The minimum atomic E-state index is -1.55. The van der Waals surface area contributed by atoms with Crippen LogP contribution in [-0.2, 0) is 14.3 Å². The van der Waals surface area contributed by atoms with Crippen molar-refractivity contribution in [2.24, 2.45) is 0 Å². The average Bonchev–Trinajstić information content (AvgIpc) is 2.65. The zero-order valence-electron chi connectivity index (χ0n) is 15.7. The quantitative estimate of drug-likeness (QED) is 0.625. The molecule has 7 nitrogen and oxygen atoms in total. The molecule has 0 aliphatic carbocycles. The summed E-state index contributed by atoms with van der Waals surface area (Å²) in [6.07, 6.45) is 0.821. The number of fused-ring (bicyclic) bond motifs is 1. The molecule has 1 unspecified atom stereocenters. The smallest absolute Gasteiger partial charge is 0.280 e. The van der Waals surface area contributed by atoms with Crippen LogP contribution in [0.15, 0.2) is 18.2 Å². The summed E-state index contributed by atoms with van der Waals surface area (Å²) in [6.45, 7) is 8.27. The van der Waals surface area contributed by atoms with Gasteiger partial charge in [0.15, 0.2) is 0 Å². The molecule has 2 aliphatic rings. The van der Waals surface area contributed by atoms with Crippen LogP contribution in [0.5, 0.6) is 5.75 Å². The minimum Gasteiger partial charge on any atom is -0.466 e. The fourth-order valence-corrected chi connectivity index (χ4v) is 3.31. The van der Waals surface area contributed by atoms with Gasteiger partial charge in [0.1, 0.15) is 5.75 Å². The SMILES string of the molecule is Cc1ccc2c(c1)N(C)C(=O)C(C)(C(=O)NCCCN1CCOCC1)O2. The molecule has 1 aromatic rings. The maximum absolute atomic E-state index is 12.8. The Balaban J connectivity index is 1.59. The molecule has 1 aromatic carbocycles. The molecule has 7 heteroatoms. The zero-order chi connectivity index (χ0) is 18.7. The molecule has 2 amide bonds. The van der Waals surface area contributed by atoms with Crippen LogP contribution in [0, 0.1) is 6.92 Å². The number of amides is 2. The van der Waals surface area contributed by atoms with Crippen LogP contribution in [0.4, 0.5) is 5.69 Å². The molecule has 2 aliphatic heterocycles. The Morgan fingerprint density at radius 3 is 2.77 bits per heavy atom. The van der Waals surface area contributed by atoms with Gasteiger partial charge in [0.2, 0.25) is 0 Å². The van der Waals surface area contributed by atoms with E-state index in [1.165, 1.54) is 11.8 Å². The first-order chi connectivity index (χ1) is 12.4. The molecule has 3 rings (SSSR count). The first kappa shape index (κ1) is 18.7. The fourth-order valence-electron chi connectivity index (χ4n) is 3.31. The van der Waals surface area contributed by atoms with Crippen LogP contribution in [0.2, 0.25) is 0 Å². The van der Waals surface area contributed by atoms with Crippen molar-refractivity contribution >= 4 is 17.5 Å². The van der Waals surface area contributed by atoms with Crippen LogP contribution in [0.1, 0.15) is 18.9 Å². The molecule has 0 bridgehead atoms. The predicted octanol–water partition coefficient (Wildman–Crippen LogP) is 0.947. The number of nitrogens with one attached hydrogen (secondary N) is 1. The molecule has 142 valence electrons. The summed E-state index contributed by atoms with van der Waals surface area (Å²) >= 11 is 0. The summed E-state index contributed by atoms with van der Waals surface area (Å²) in [5.74, 6) is -0.215. The second kappa shape index (κ2) is 7.63. The van der Waals surface area contributed by atoms with E-state index in [4.69, 9.17) is 9.47 Å². The van der Waals surface area contributed by atoms with Gasteiger partial charge in [0.25, 0.3) is 17.4 Å². The van der Waals surface area contributed by atoms with E-state index in [-0.39, 0.29) is 5.91 Å². The zero-order valence-corrected chi connectivity index (χ0v) is 15.7. The third-order valence-corrected chi connectivity index (χ3v) is 4.98. The number of rotatable bonds is 5. The Hall–Kier alpha value is -2.12. The summed E-state index contributed by atoms with van der Waals surface area (Å²) in [4.78, 5) is 29.3. The maximum Gasteiger partial charge on any atom is 0.280 e. The molecule has 1 fully saturated rings. The number of morpholine rings is 1. The van der Waals surface area contributed by atoms with Gasteiger partial charge in [0, 0.05) is 26.7 Å². The number of likely N-dealkylation sites (N-methyl/N-ethyl adjacent to an activating group) is 1. The van der Waals surface area contributed by atoms with Crippen molar-refractivity contribution < 1.29 is 19.1 Å². The second-order valence-electron chi connectivity index (χ2n) is 7.03. The van der Waals surface area contributed by atoms with E-state index in [2.05, 4.69) is 10.2 Å². The van der Waals surface area contributed by atoms with E-state index in [0.29, 0.717) is 18.0 Å². The largest absolute Gasteiger partial charge is 0.466 e. The predicted molar refractivity (Wildman–Crippen MR) is 98.5 cm³/mol. The second-order valence-corrected chi connectivity index (χ2v) is 7.03. The number of carbonyl (C=O) groups is 2. The Kier molecular flexibility index (Phi) is 5.48. The van der Waals surface area contributed by atoms with Crippen molar-refractivity contribution in [2.75, 3.05) is 51.3 Å². The van der Waals surface area contributed by atoms with Crippen molar-refractivity contribution in [3.05, 3.63) is 23.8 Å². The summed E-state index contributed by atoms with van der Waals surface area (Å²) < 4.78 is 11.2. The summed E-state index contributed by atoms with van der Waals surface area (Å²) in [5.41, 5.74) is 0.173. The van der Waals surface area contributed by atoms with E-state index in [1.807, 2.05) is 19.1 Å². The highest BCUT2D eigenvalue weighted by Gasteiger charge is 2.49. The van der Waals surface area contributed by atoms with Crippen molar-refractivity contribution in [1.82, 2.24) is 10.2 Å². The van der Waals surface area contributed by atoms with Gasteiger partial charge in [-0.25, -0.2) is 0 Å². The number of hydrogen-bond acceptors (Lipinski definition) is 5. The fraction of sp³-hybridized carbons (Fsp3) is 0.579. The third kappa shape index (κ3) is 3.68. The third-order valence-electron chi connectivity index (χ3n) is 4.98. The van der Waals surface area contributed by atoms with Crippen molar-refractivity contribution in [2.45, 2.75) is 25.9 Å². The van der Waals surface area contributed by atoms with Crippen LogP contribution in [0.3, 0.4) is 0 Å². The van der Waals surface area contributed by atoms with Crippen LogP contribution in [-0.4, -0.2) is 68.8 Å². The minimum absolute atomic E-state index is 0.360. The van der Waals surface area contributed by atoms with E-state index < -0.39 is 11.5 Å². The monoisotopic (exact) mass is 361 g/mol. The molecule has 1 atom stereocenters. The molecule has 0 aromatic heterocycles. The topological polar surface area (TPSA) is 71.1 Å². The first-order valence-electron chi connectivity index (χ1n) is 9.08. The molecule has 1 N–H and O–H groups in total. The van der Waals surface area contributed by atoms with Crippen LogP contribution < -0.4 is 15.0 Å². The van der Waals surface area contributed by atoms with Crippen molar-refractivity contribution in [3.63, 3.8) is 0 Å². The highest BCUT2D eigenvalue weighted by atomic mass is 16.5. The molecule has 0 saturated carbocycles. The summed E-state index contributed by atoms with van der Waals surface area (Å²) in [5, 5.41) is 2.86. The van der Waals surface area contributed by atoms with Gasteiger partial charge >= 0.3 is 0 Å². The summed E-state index contributed by atoms with van der Waals surface area (Å²) in [7, 11) is 1.67. The van der Waals surface area contributed by atoms with Gasteiger partial charge in [-0.2, -0.15) is 0 Å². The Morgan fingerprint density at radius 1 is 1.31 bits per heavy atom. The normalized spacial score (nSPS) is 23.3. The molecule has 0 spiro atoms. The van der Waals surface area contributed by atoms with E-state index in [1.54, 1.807) is 13.1 Å². The van der Waals surface area contributed by atoms with Crippen LogP contribution >= 0.6 is 0 Å². The van der Waals surface area contributed by atoms with Crippen molar-refractivity contribution in [1.29, 1.82) is 0 Å². The molecule has 2 heterocycles. The molecule has 26 heavy (non-hydrogen) atoms. The van der Waals surface area contributed by atoms with E-state index in [9.17, 15) is 9.59 Å². The number of carbonyl (C=O) groups excluding carboxylic acids is 2. The molecule has 1 saturated heterocycles. The number of anilines is 1. The number of ether oxygens (including phenoxy) is 2. The Bertz CT molecular complexity index is 687. The molecule has 0 radical (unpaired) electrons. The standard InChI is InChI=1S/C19H27N3O4/c1-14-5-6-16-15(13-14)21(3)18(24)19(2,26-16)17(23)20-7-4-8-22-9-11-25-12-10-22/h5-6,13H,4,7-12H2,1-3H3,(H,20,23). The van der Waals surface area contributed by atoms with Gasteiger partial charge in [-0.15, -0.1) is 0 Å². The Morgan fingerprint density at radius 2 is 2.04 bits per heavy atom. The molecular weight excluding hydrogens is 334 g/mol. The van der Waals surface area contributed by atoms with Gasteiger partial charge in [-0.1, -0.05) is 6.07 Å². The van der Waals surface area contributed by atoms with Gasteiger partial charge in [-0.3, -0.25) is 14.5 Å². The number of nitrogens with zero attached hydrogens (tertiary/aromatic N) is 2. The Labute approximate surface area is 154 Å². The average molecular weight is 361 g/mol. The lowest BCUT2D eigenvalue weighted by atomic mass is 10.00. The lowest BCUT2D eigenvalue weighted by Gasteiger charge is -2.38. The van der Waals surface area contributed by atoms with E-state index >= 15 is 0 Å². The van der Waals surface area contributed by atoms with E-state index in [0.717, 1.165) is 44.8 Å². The molecular formula is C19H27N3O4. The summed E-state index contributed by atoms with van der Waals surface area (Å²) in [6, 6.07) is 5.59. The van der Waals surface area contributed by atoms with Gasteiger partial charge in [0.05, 0.1) is 18.9 Å². The number of benzene rings is 1. The number of hydrogen-bond donors (Lipinski definition) is 1. The van der Waals surface area contributed by atoms with Crippen molar-refractivity contribution in [3.8, 4) is 5.75 Å².